The lowest BCUT2D eigenvalue weighted by molar-refractivity contribution is 0.0669. The van der Waals surface area contributed by atoms with Gasteiger partial charge >= 0.3 is 6.09 Å². The molecule has 3 rings (SSSR count). The van der Waals surface area contributed by atoms with Gasteiger partial charge in [0.15, 0.2) is 0 Å². The van der Waals surface area contributed by atoms with Crippen LogP contribution in [0.25, 0.3) is 10.8 Å². The van der Waals surface area contributed by atoms with Crippen molar-refractivity contribution in [1.29, 1.82) is 0 Å². The van der Waals surface area contributed by atoms with Crippen LogP contribution in [0, 0.1) is 5.41 Å². The van der Waals surface area contributed by atoms with E-state index in [0.29, 0.717) is 5.15 Å². The first-order chi connectivity index (χ1) is 14.0. The Labute approximate surface area is 182 Å². The number of carboxylic acid groups (broad SMARTS) is 1. The summed E-state index contributed by atoms with van der Waals surface area (Å²) >= 11 is 6.45. The molecule has 0 bridgehead atoms. The Morgan fingerprint density at radius 3 is 2.37 bits per heavy atom. The SMILES string of the molecule is CC(C)(CN(C(=O)O)C(c1ccccn1)C(C)(C)C)c1cc2ccccc2c(Cl)n1. The minimum Gasteiger partial charge on any atom is -0.465 e. The molecule has 0 saturated heterocycles. The molecule has 158 valence electrons. The van der Waals surface area contributed by atoms with Gasteiger partial charge in [-0.15, -0.1) is 0 Å². The molecular formula is C24H28ClN3O2. The van der Waals surface area contributed by atoms with Gasteiger partial charge in [0.25, 0.3) is 0 Å². The van der Waals surface area contributed by atoms with Crippen molar-refractivity contribution in [3.63, 3.8) is 0 Å². The summed E-state index contributed by atoms with van der Waals surface area (Å²) < 4.78 is 0. The van der Waals surface area contributed by atoms with Crippen LogP contribution >= 0.6 is 11.6 Å². The van der Waals surface area contributed by atoms with E-state index in [0.717, 1.165) is 22.2 Å². The Hall–Kier alpha value is -2.66. The van der Waals surface area contributed by atoms with E-state index in [-0.39, 0.29) is 12.0 Å². The van der Waals surface area contributed by atoms with Crippen LogP contribution in [-0.4, -0.2) is 32.6 Å². The smallest absolute Gasteiger partial charge is 0.407 e. The predicted molar refractivity (Wildman–Crippen MR) is 121 cm³/mol. The van der Waals surface area contributed by atoms with Crippen LogP contribution in [0.3, 0.4) is 0 Å². The molecule has 0 spiro atoms. The third-order valence-electron chi connectivity index (χ3n) is 5.30. The lowest BCUT2D eigenvalue weighted by Crippen LogP contribution is -2.46. The summed E-state index contributed by atoms with van der Waals surface area (Å²) in [5.41, 5.74) is 0.570. The van der Waals surface area contributed by atoms with E-state index in [2.05, 4.69) is 9.97 Å². The average Bonchev–Trinajstić information content (AvgIpc) is 2.67. The van der Waals surface area contributed by atoms with Crippen LogP contribution in [0.1, 0.15) is 52.0 Å². The number of carbonyl (C=O) groups is 1. The normalized spacial score (nSPS) is 13.3. The van der Waals surface area contributed by atoms with Crippen LogP contribution in [0.15, 0.2) is 54.7 Å². The number of hydrogen-bond donors (Lipinski definition) is 1. The van der Waals surface area contributed by atoms with Gasteiger partial charge in [-0.2, -0.15) is 0 Å². The Morgan fingerprint density at radius 1 is 1.10 bits per heavy atom. The molecule has 2 heterocycles. The van der Waals surface area contributed by atoms with Crippen molar-refractivity contribution in [3.8, 4) is 0 Å². The lowest BCUT2D eigenvalue weighted by Gasteiger charge is -2.41. The number of hydrogen-bond acceptors (Lipinski definition) is 3. The first-order valence-corrected chi connectivity index (χ1v) is 10.3. The van der Waals surface area contributed by atoms with Gasteiger partial charge in [0, 0.05) is 23.5 Å². The molecule has 1 unspecified atom stereocenters. The van der Waals surface area contributed by atoms with Crippen molar-refractivity contribution in [3.05, 3.63) is 71.3 Å². The third kappa shape index (κ3) is 4.57. The number of aromatic nitrogens is 2. The zero-order valence-electron chi connectivity index (χ0n) is 18.1. The summed E-state index contributed by atoms with van der Waals surface area (Å²) in [6.45, 7) is 10.3. The summed E-state index contributed by atoms with van der Waals surface area (Å²) in [6.07, 6.45) is 0.713. The van der Waals surface area contributed by atoms with Crippen LogP contribution in [0.5, 0.6) is 0 Å². The number of pyridine rings is 2. The minimum atomic E-state index is -0.986. The van der Waals surface area contributed by atoms with Gasteiger partial charge in [-0.1, -0.05) is 76.6 Å². The van der Waals surface area contributed by atoms with Crippen molar-refractivity contribution in [1.82, 2.24) is 14.9 Å². The summed E-state index contributed by atoms with van der Waals surface area (Å²) in [5, 5.41) is 12.5. The number of benzene rings is 1. The Bertz CT molecular complexity index is 1050. The maximum absolute atomic E-state index is 12.4. The summed E-state index contributed by atoms with van der Waals surface area (Å²) in [4.78, 5) is 23.0. The van der Waals surface area contributed by atoms with Gasteiger partial charge in [-0.05, 0) is 29.0 Å². The fourth-order valence-corrected chi connectivity index (χ4v) is 4.15. The highest BCUT2D eigenvalue weighted by Crippen LogP contribution is 2.39. The van der Waals surface area contributed by atoms with Crippen LogP contribution in [0.4, 0.5) is 4.79 Å². The first kappa shape index (κ1) is 22.0. The molecule has 6 heteroatoms. The monoisotopic (exact) mass is 425 g/mol. The van der Waals surface area contributed by atoms with Gasteiger partial charge in [0.2, 0.25) is 0 Å². The molecule has 1 N–H and O–H groups in total. The van der Waals surface area contributed by atoms with E-state index in [1.165, 1.54) is 4.90 Å². The molecule has 0 saturated carbocycles. The number of rotatable bonds is 5. The standard InChI is InChI=1S/C24H28ClN3O2/c1-23(2,3)20(18-12-8-9-13-26-18)28(22(29)30)15-24(4,5)19-14-16-10-6-7-11-17(16)21(25)27-19/h6-14,20H,15H2,1-5H3,(H,29,30). The Balaban J connectivity index is 2.04. The summed E-state index contributed by atoms with van der Waals surface area (Å²) in [6, 6.07) is 15.0. The molecule has 2 aromatic heterocycles. The van der Waals surface area contributed by atoms with Crippen molar-refractivity contribution in [2.24, 2.45) is 5.41 Å². The van der Waals surface area contributed by atoms with Gasteiger partial charge in [-0.3, -0.25) is 9.88 Å². The Kier molecular flexibility index (Phi) is 6.04. The largest absolute Gasteiger partial charge is 0.465 e. The fraction of sp³-hybridized carbons (Fsp3) is 0.375. The maximum atomic E-state index is 12.4. The predicted octanol–water partition coefficient (Wildman–Crippen LogP) is 6.33. The van der Waals surface area contributed by atoms with E-state index < -0.39 is 17.6 Å². The molecule has 1 amide bonds. The second-order valence-corrected chi connectivity index (χ2v) is 9.69. The molecule has 30 heavy (non-hydrogen) atoms. The quantitative estimate of drug-likeness (QED) is 0.485. The van der Waals surface area contributed by atoms with Crippen LogP contribution in [-0.2, 0) is 5.41 Å². The van der Waals surface area contributed by atoms with E-state index >= 15 is 0 Å². The zero-order chi connectivity index (χ0) is 22.1. The molecule has 0 fully saturated rings. The Morgan fingerprint density at radius 2 is 1.77 bits per heavy atom. The molecule has 0 aliphatic rings. The van der Waals surface area contributed by atoms with E-state index in [1.54, 1.807) is 6.20 Å². The molecule has 0 aliphatic heterocycles. The minimum absolute atomic E-state index is 0.252. The topological polar surface area (TPSA) is 66.3 Å². The van der Waals surface area contributed by atoms with Gasteiger partial charge in [-0.25, -0.2) is 9.78 Å². The average molecular weight is 426 g/mol. The summed E-state index contributed by atoms with van der Waals surface area (Å²) in [5.74, 6) is 0. The fourth-order valence-electron chi connectivity index (χ4n) is 3.89. The molecule has 5 nitrogen and oxygen atoms in total. The van der Waals surface area contributed by atoms with E-state index in [4.69, 9.17) is 11.6 Å². The van der Waals surface area contributed by atoms with Crippen molar-refractivity contribution in [2.75, 3.05) is 6.54 Å². The van der Waals surface area contributed by atoms with E-state index in [9.17, 15) is 9.90 Å². The number of fused-ring (bicyclic) bond motifs is 1. The number of nitrogens with zero attached hydrogens (tertiary/aromatic N) is 3. The van der Waals surface area contributed by atoms with Gasteiger partial charge < -0.3 is 5.11 Å². The van der Waals surface area contributed by atoms with Crippen LogP contribution < -0.4 is 0 Å². The van der Waals surface area contributed by atoms with Crippen molar-refractivity contribution in [2.45, 2.75) is 46.1 Å². The highest BCUT2D eigenvalue weighted by molar-refractivity contribution is 6.34. The number of amides is 1. The zero-order valence-corrected chi connectivity index (χ0v) is 18.8. The second-order valence-electron chi connectivity index (χ2n) is 9.34. The third-order valence-corrected chi connectivity index (χ3v) is 5.59. The molecular weight excluding hydrogens is 398 g/mol. The highest BCUT2D eigenvalue weighted by atomic mass is 35.5. The van der Waals surface area contributed by atoms with Crippen LogP contribution in [0.2, 0.25) is 5.15 Å². The summed E-state index contributed by atoms with van der Waals surface area (Å²) in [7, 11) is 0. The lowest BCUT2D eigenvalue weighted by atomic mass is 9.81. The first-order valence-electron chi connectivity index (χ1n) is 9.97. The highest BCUT2D eigenvalue weighted by Gasteiger charge is 2.39. The maximum Gasteiger partial charge on any atom is 0.407 e. The van der Waals surface area contributed by atoms with Gasteiger partial charge in [0.05, 0.1) is 17.4 Å². The molecule has 3 aromatic rings. The van der Waals surface area contributed by atoms with E-state index in [1.807, 2.05) is 83.1 Å². The molecule has 1 aromatic carbocycles. The number of halogens is 1. The second kappa shape index (κ2) is 8.23. The van der Waals surface area contributed by atoms with Crippen molar-refractivity contribution >= 4 is 28.5 Å². The van der Waals surface area contributed by atoms with Gasteiger partial charge in [0.1, 0.15) is 5.15 Å². The molecule has 0 radical (unpaired) electrons. The molecule has 1 atom stereocenters. The van der Waals surface area contributed by atoms with Crippen molar-refractivity contribution < 1.29 is 9.90 Å². The molecule has 0 aliphatic carbocycles.